The minimum atomic E-state index is -0.478. The van der Waals surface area contributed by atoms with Gasteiger partial charge in [-0.2, -0.15) is 10.2 Å². The molecule has 0 fully saturated rings. The number of hydrogen-bond donors (Lipinski definition) is 3. The molecule has 0 radical (unpaired) electrons. The van der Waals surface area contributed by atoms with Crippen LogP contribution in [0.4, 0.5) is 16.0 Å². The van der Waals surface area contributed by atoms with Crippen LogP contribution in [0, 0.1) is 19.7 Å². The van der Waals surface area contributed by atoms with E-state index < -0.39 is 11.7 Å². The van der Waals surface area contributed by atoms with E-state index in [1.807, 2.05) is 32.9 Å². The van der Waals surface area contributed by atoms with Crippen molar-refractivity contribution in [3.8, 4) is 5.82 Å². The molecule has 0 aliphatic rings. The Hall–Kier alpha value is -5.07. The van der Waals surface area contributed by atoms with Crippen LogP contribution in [0.3, 0.4) is 0 Å². The zero-order valence-corrected chi connectivity index (χ0v) is 20.4. The highest BCUT2D eigenvalue weighted by Gasteiger charge is 2.10. The molecule has 0 bridgehead atoms. The van der Waals surface area contributed by atoms with Crippen molar-refractivity contribution in [3.05, 3.63) is 83.5 Å². The molecular formula is C24H24FN11O. The summed E-state index contributed by atoms with van der Waals surface area (Å²) < 4.78 is 14.4. The van der Waals surface area contributed by atoms with E-state index in [0.29, 0.717) is 29.0 Å². The average molecular weight is 502 g/mol. The second-order valence-electron chi connectivity index (χ2n) is 7.99. The first-order valence-electron chi connectivity index (χ1n) is 11.1. The van der Waals surface area contributed by atoms with Gasteiger partial charge in [0.25, 0.3) is 5.91 Å². The third-order valence-electron chi connectivity index (χ3n) is 4.97. The van der Waals surface area contributed by atoms with E-state index in [-0.39, 0.29) is 12.2 Å². The molecule has 1 amide bonds. The Kier molecular flexibility index (Phi) is 7.52. The number of amides is 1. The van der Waals surface area contributed by atoms with Gasteiger partial charge in [-0.25, -0.2) is 24.0 Å². The number of aromatic amines is 1. The number of carbonyl (C=O) groups excluding carboxylic acids is 1. The molecule has 37 heavy (non-hydrogen) atoms. The van der Waals surface area contributed by atoms with Gasteiger partial charge in [-0.3, -0.25) is 19.9 Å². The summed E-state index contributed by atoms with van der Waals surface area (Å²) in [4.78, 5) is 33.8. The first-order valence-corrected chi connectivity index (χ1v) is 11.1. The SMILES string of the molecule is C=N/C(=C\C=C(/C)c1nc(C)cc(Nc2cc(C)[nH]n2)n1)C(=O)NCc1cnc(-n2cc(F)cn2)cn1. The van der Waals surface area contributed by atoms with Crippen LogP contribution in [0.1, 0.15) is 29.8 Å². The number of anilines is 2. The van der Waals surface area contributed by atoms with Crippen LogP contribution in [0.25, 0.3) is 11.4 Å². The molecule has 4 aromatic rings. The number of nitrogens with zero attached hydrogens (tertiary/aromatic N) is 8. The van der Waals surface area contributed by atoms with Gasteiger partial charge >= 0.3 is 0 Å². The number of halogens is 1. The predicted octanol–water partition coefficient (Wildman–Crippen LogP) is 2.98. The summed E-state index contributed by atoms with van der Waals surface area (Å²) in [6, 6.07) is 3.67. The standard InChI is InChI=1S/C24H24FN11O/c1-14(23-31-15(2)7-20(33-23)32-21-8-16(3)34-35-21)5-6-19(26-4)24(37)29-11-18-10-28-22(12-27-18)36-13-17(25)9-30-36/h5-10,12-13H,4,11H2,1-3H3,(H,29,37)(H2,31,32,33,34,35)/b14-5+,19-6-. The molecule has 4 aromatic heterocycles. The van der Waals surface area contributed by atoms with Crippen LogP contribution in [0.15, 0.2) is 59.8 Å². The Morgan fingerprint density at radius 1 is 1.16 bits per heavy atom. The first kappa shape index (κ1) is 25.0. The number of aliphatic imine (C=N–C) groups is 1. The van der Waals surface area contributed by atoms with Crippen LogP contribution >= 0.6 is 0 Å². The maximum atomic E-state index is 13.1. The lowest BCUT2D eigenvalue weighted by atomic mass is 10.2. The smallest absolute Gasteiger partial charge is 0.270 e. The fourth-order valence-corrected chi connectivity index (χ4v) is 3.15. The zero-order valence-electron chi connectivity index (χ0n) is 20.4. The number of carbonyl (C=O) groups is 1. The molecule has 0 saturated carbocycles. The van der Waals surface area contributed by atoms with Crippen molar-refractivity contribution in [2.45, 2.75) is 27.3 Å². The number of hydrogen-bond acceptors (Lipinski definition) is 9. The van der Waals surface area contributed by atoms with Crippen molar-refractivity contribution >= 4 is 29.8 Å². The lowest BCUT2D eigenvalue weighted by Crippen LogP contribution is -2.24. The highest BCUT2D eigenvalue weighted by atomic mass is 19.1. The Balaban J connectivity index is 1.41. The molecule has 0 aliphatic carbocycles. The van der Waals surface area contributed by atoms with Crippen molar-refractivity contribution < 1.29 is 9.18 Å². The fraction of sp³-hybridized carbons (Fsp3) is 0.167. The highest BCUT2D eigenvalue weighted by molar-refractivity contribution is 5.94. The Morgan fingerprint density at radius 3 is 2.65 bits per heavy atom. The number of nitrogens with one attached hydrogen (secondary N) is 3. The fourth-order valence-electron chi connectivity index (χ4n) is 3.15. The third kappa shape index (κ3) is 6.54. The molecule has 4 rings (SSSR count). The van der Waals surface area contributed by atoms with Crippen molar-refractivity contribution in [3.63, 3.8) is 0 Å². The summed E-state index contributed by atoms with van der Waals surface area (Å²) in [6.45, 7) is 9.19. The van der Waals surface area contributed by atoms with Crippen molar-refractivity contribution in [2.75, 3.05) is 5.32 Å². The van der Waals surface area contributed by atoms with Gasteiger partial charge in [-0.15, -0.1) is 0 Å². The molecule has 3 N–H and O–H groups in total. The minimum Gasteiger partial charge on any atom is -0.345 e. The van der Waals surface area contributed by atoms with Gasteiger partial charge in [0.1, 0.15) is 11.5 Å². The average Bonchev–Trinajstić information content (AvgIpc) is 3.50. The lowest BCUT2D eigenvalue weighted by Gasteiger charge is -2.07. The molecule has 0 aromatic carbocycles. The van der Waals surface area contributed by atoms with E-state index in [1.54, 1.807) is 6.08 Å². The second kappa shape index (κ2) is 11.1. The van der Waals surface area contributed by atoms with Gasteiger partial charge in [0, 0.05) is 23.5 Å². The topological polar surface area (TPSA) is 152 Å². The number of aryl methyl sites for hydroxylation is 2. The van der Waals surface area contributed by atoms with Crippen LogP contribution < -0.4 is 10.6 Å². The van der Waals surface area contributed by atoms with Crippen LogP contribution in [-0.4, -0.2) is 52.5 Å². The molecule has 13 heteroatoms. The summed E-state index contributed by atoms with van der Waals surface area (Å²) in [6.07, 6.45) is 8.39. The zero-order chi connectivity index (χ0) is 26.4. The van der Waals surface area contributed by atoms with Crippen LogP contribution in [0.2, 0.25) is 0 Å². The van der Waals surface area contributed by atoms with Crippen molar-refractivity contribution in [1.82, 2.24) is 45.2 Å². The molecule has 0 atom stereocenters. The normalized spacial score (nSPS) is 11.9. The number of H-pyrrole nitrogens is 1. The van der Waals surface area contributed by atoms with E-state index in [0.717, 1.165) is 23.2 Å². The van der Waals surface area contributed by atoms with Gasteiger partial charge < -0.3 is 10.6 Å². The Labute approximate surface area is 211 Å². The summed E-state index contributed by atoms with van der Waals surface area (Å²) in [5.41, 5.74) is 3.01. The van der Waals surface area contributed by atoms with E-state index in [2.05, 4.69) is 57.6 Å². The van der Waals surface area contributed by atoms with Gasteiger partial charge in [0.05, 0.1) is 37.0 Å². The maximum absolute atomic E-state index is 13.1. The Morgan fingerprint density at radius 2 is 2.00 bits per heavy atom. The van der Waals surface area contributed by atoms with Gasteiger partial charge in [-0.05, 0) is 39.1 Å². The molecule has 0 unspecified atom stereocenters. The summed E-state index contributed by atoms with van der Waals surface area (Å²) in [5, 5.41) is 16.7. The molecule has 0 saturated heterocycles. The Bertz CT molecular complexity index is 1480. The summed E-state index contributed by atoms with van der Waals surface area (Å²) in [7, 11) is 0. The van der Waals surface area contributed by atoms with Crippen molar-refractivity contribution in [1.29, 1.82) is 0 Å². The largest absolute Gasteiger partial charge is 0.345 e. The predicted molar refractivity (Wildman–Crippen MR) is 136 cm³/mol. The van der Waals surface area contributed by atoms with Crippen molar-refractivity contribution in [2.24, 2.45) is 4.99 Å². The number of rotatable bonds is 9. The molecule has 12 nitrogen and oxygen atoms in total. The van der Waals surface area contributed by atoms with E-state index in [1.165, 1.54) is 29.3 Å². The van der Waals surface area contributed by atoms with E-state index >= 15 is 0 Å². The second-order valence-corrected chi connectivity index (χ2v) is 7.99. The first-order chi connectivity index (χ1) is 17.8. The quantitative estimate of drug-likeness (QED) is 0.180. The molecule has 0 spiro atoms. The van der Waals surface area contributed by atoms with Gasteiger partial charge in [-0.1, -0.05) is 6.08 Å². The third-order valence-corrected chi connectivity index (χ3v) is 4.97. The number of aromatic nitrogens is 8. The summed E-state index contributed by atoms with van der Waals surface area (Å²) in [5.74, 6) is 1.16. The molecular weight excluding hydrogens is 477 g/mol. The van der Waals surface area contributed by atoms with Gasteiger partial charge in [0.15, 0.2) is 23.3 Å². The molecule has 0 aliphatic heterocycles. The maximum Gasteiger partial charge on any atom is 0.270 e. The number of allylic oxidation sites excluding steroid dienone is 3. The lowest BCUT2D eigenvalue weighted by molar-refractivity contribution is -0.117. The highest BCUT2D eigenvalue weighted by Crippen LogP contribution is 2.17. The van der Waals surface area contributed by atoms with Gasteiger partial charge in [0.2, 0.25) is 0 Å². The van der Waals surface area contributed by atoms with E-state index in [9.17, 15) is 9.18 Å². The minimum absolute atomic E-state index is 0.106. The monoisotopic (exact) mass is 501 g/mol. The molecule has 4 heterocycles. The van der Waals surface area contributed by atoms with Crippen LogP contribution in [-0.2, 0) is 11.3 Å². The molecule has 188 valence electrons. The summed E-state index contributed by atoms with van der Waals surface area (Å²) >= 11 is 0. The van der Waals surface area contributed by atoms with Crippen LogP contribution in [0.5, 0.6) is 0 Å². The van der Waals surface area contributed by atoms with E-state index in [4.69, 9.17) is 0 Å².